The molecule has 536 valence electrons. The second-order valence-electron chi connectivity index (χ2n) is 32.2. The van der Waals surface area contributed by atoms with Crippen LogP contribution in [0.4, 0.5) is 0 Å². The van der Waals surface area contributed by atoms with Crippen molar-refractivity contribution in [1.29, 1.82) is 0 Å². The first kappa shape index (κ1) is 92.7. The summed E-state index contributed by atoms with van der Waals surface area (Å²) in [5, 5.41) is 28.2. The van der Waals surface area contributed by atoms with Gasteiger partial charge in [0.2, 0.25) is 47.3 Å². The van der Waals surface area contributed by atoms with E-state index in [1.807, 2.05) is 104 Å². The lowest BCUT2D eigenvalue weighted by molar-refractivity contribution is -0.147. The van der Waals surface area contributed by atoms with E-state index in [1.165, 1.54) is 9.80 Å². The molecule has 4 atom stereocenters. The highest BCUT2D eigenvalue weighted by molar-refractivity contribution is 5.97. The first-order valence-corrected chi connectivity index (χ1v) is 32.3. The summed E-state index contributed by atoms with van der Waals surface area (Å²) in [5.41, 5.74) is -3.75. The molecule has 0 spiro atoms. The highest BCUT2D eigenvalue weighted by Gasteiger charge is 2.38. The first-order valence-electron chi connectivity index (χ1n) is 32.3. The Hall–Kier alpha value is -5.72. The molecule has 4 unspecified atom stereocenters. The third kappa shape index (κ3) is 43.2. The highest BCUT2D eigenvalue weighted by atomic mass is 16.2. The third-order valence-electron chi connectivity index (χ3n) is 13.8. The van der Waals surface area contributed by atoms with Crippen LogP contribution in [-0.2, 0) is 57.5 Å². The Morgan fingerprint density at radius 3 is 0.848 bits per heavy atom. The number of rotatable bonds is 30. The molecule has 92 heavy (non-hydrogen) atoms. The minimum absolute atomic E-state index is 0.00327. The quantitative estimate of drug-likeness (QED) is 0.0428. The standard InChI is InChI=1S/C18H35N3O3.2C17H33N3O3.C16H31N3O3/c1-17(2,3)12-15(23)21(8)13(11-14(22)18(4,5)6)16(24)20-10-9-19-7;1-16(2,3)13(21)11-12(14(22)19-10-9-18-7)20(8)15(23)17(4,5)6;1-16(2,3)11-14(22)20-12(10-13(21)17(4,5)6)15(23)19-9-8-18-7;1-15(2,3)12(20)10-11(13(21)18-9-8-17-7)19-14(22)16(4,5)6/h13,19H,9-12H2,1-8H3,(H,20,24);12,18H,9-11H2,1-8H3,(H,19,22);12,18H,8-11H2,1-7H3,(H,19,23)(H,20,22);11,17H,8-10H2,1-7H3,(H,18,21)(H,19,22). The second-order valence-corrected chi connectivity index (χ2v) is 32.2. The van der Waals surface area contributed by atoms with Crippen LogP contribution in [-0.4, -0.2) is 199 Å². The number of hydrogen-bond donors (Lipinski definition) is 10. The molecule has 0 aromatic rings. The molecule has 10 N–H and O–H groups in total. The van der Waals surface area contributed by atoms with E-state index in [-0.39, 0.29) is 107 Å². The molecule has 0 radical (unpaired) electrons. The first-order chi connectivity index (χ1) is 41.4. The Morgan fingerprint density at radius 2 is 0.587 bits per heavy atom. The fourth-order valence-electron chi connectivity index (χ4n) is 7.43. The predicted octanol–water partition coefficient (Wildman–Crippen LogP) is 4.90. The lowest BCUT2D eigenvalue weighted by Gasteiger charge is -2.33. The van der Waals surface area contributed by atoms with E-state index in [4.69, 9.17) is 0 Å². The number of ketones is 4. The SMILES string of the molecule is CNCCNC(=O)C(CC(=O)C(C)(C)C)N(C)C(=O)C(C)(C)C.CNCCNC(=O)C(CC(=O)C(C)(C)C)N(C)C(=O)CC(C)(C)C.CNCCNC(=O)C(CC(=O)C(C)(C)C)NC(=O)C(C)(C)C.CNCCNC(=O)C(CC(=O)C(C)(C)C)NC(=O)CC(C)(C)C. The van der Waals surface area contributed by atoms with E-state index in [0.29, 0.717) is 65.2 Å². The number of carbonyl (C=O) groups excluding carboxylic acids is 12. The number of hydrogen-bond acceptors (Lipinski definition) is 16. The maximum atomic E-state index is 12.5. The van der Waals surface area contributed by atoms with Crippen molar-refractivity contribution in [3.8, 4) is 0 Å². The molecule has 0 fully saturated rings. The third-order valence-corrected chi connectivity index (χ3v) is 13.8. The number of nitrogens with zero attached hydrogens (tertiary/aromatic N) is 2. The fraction of sp³-hybridized carbons (Fsp3) is 0.824. The minimum atomic E-state index is -0.838. The molecule has 8 amide bonds. The van der Waals surface area contributed by atoms with Gasteiger partial charge < -0.3 is 63.0 Å². The molecule has 24 heteroatoms. The van der Waals surface area contributed by atoms with Crippen LogP contribution in [0.3, 0.4) is 0 Å². The van der Waals surface area contributed by atoms with Crippen molar-refractivity contribution < 1.29 is 57.5 Å². The van der Waals surface area contributed by atoms with Crippen LogP contribution in [0.1, 0.15) is 205 Å². The maximum Gasteiger partial charge on any atom is 0.243 e. The van der Waals surface area contributed by atoms with Crippen LogP contribution >= 0.6 is 0 Å². The Bertz CT molecular complexity index is 2330. The Balaban J connectivity index is -0.000000561. The molecule has 0 aromatic carbocycles. The molecule has 24 nitrogen and oxygen atoms in total. The summed E-state index contributed by atoms with van der Waals surface area (Å²) >= 11 is 0. The van der Waals surface area contributed by atoms with E-state index in [0.717, 1.165) is 0 Å². The molecule has 0 rings (SSSR count). The highest BCUT2D eigenvalue weighted by Crippen LogP contribution is 2.26. The summed E-state index contributed by atoms with van der Waals surface area (Å²) < 4.78 is 0. The zero-order valence-electron chi connectivity index (χ0n) is 63.0. The summed E-state index contributed by atoms with van der Waals surface area (Å²) in [6.07, 6.45) is 0.681. The number of Topliss-reactive ketones (excluding diaryl/α,β-unsaturated/α-hetero) is 4. The minimum Gasteiger partial charge on any atom is -0.353 e. The van der Waals surface area contributed by atoms with Gasteiger partial charge in [-0.05, 0) is 39.0 Å². The molecule has 0 bridgehead atoms. The largest absolute Gasteiger partial charge is 0.353 e. The van der Waals surface area contributed by atoms with Gasteiger partial charge in [-0.3, -0.25) is 57.5 Å². The van der Waals surface area contributed by atoms with Crippen molar-refractivity contribution in [1.82, 2.24) is 63.0 Å². The van der Waals surface area contributed by atoms with Crippen molar-refractivity contribution >= 4 is 70.4 Å². The molecule has 0 aliphatic heterocycles. The molecule has 0 aliphatic carbocycles. The van der Waals surface area contributed by atoms with E-state index < -0.39 is 56.7 Å². The van der Waals surface area contributed by atoms with Crippen LogP contribution in [0, 0.1) is 43.3 Å². The van der Waals surface area contributed by atoms with Gasteiger partial charge in [0.05, 0.1) is 0 Å². The second kappa shape index (κ2) is 41.9. The van der Waals surface area contributed by atoms with Crippen molar-refractivity contribution in [2.24, 2.45) is 43.3 Å². The Morgan fingerprint density at radius 1 is 0.315 bits per heavy atom. The summed E-state index contributed by atoms with van der Waals surface area (Å²) in [6.45, 7) is 48.5. The number of nitrogens with one attached hydrogen (secondary N) is 10. The van der Waals surface area contributed by atoms with E-state index in [2.05, 4.69) is 53.2 Å². The van der Waals surface area contributed by atoms with Gasteiger partial charge in [-0.2, -0.15) is 0 Å². The zero-order valence-corrected chi connectivity index (χ0v) is 63.0. The van der Waals surface area contributed by atoms with Crippen LogP contribution < -0.4 is 53.2 Å². The Labute approximate surface area is 555 Å². The molecule has 0 aliphatic rings. The molecular formula is C68H132N12O12. The topological polar surface area (TPSA) is 332 Å². The summed E-state index contributed by atoms with van der Waals surface area (Å²) in [6, 6.07) is -3.22. The van der Waals surface area contributed by atoms with Gasteiger partial charge in [0.25, 0.3) is 0 Å². The summed E-state index contributed by atoms with van der Waals surface area (Å²) in [4.78, 5) is 151. The van der Waals surface area contributed by atoms with Crippen molar-refractivity contribution in [2.45, 2.75) is 229 Å². The average molecular weight is 1310 g/mol. The number of carbonyl (C=O) groups is 12. The lowest BCUT2D eigenvalue weighted by Crippen LogP contribution is -2.52. The molecule has 0 aromatic heterocycles. The molecule has 0 saturated carbocycles. The molecular weight excluding hydrogens is 1180 g/mol. The van der Waals surface area contributed by atoms with Gasteiger partial charge in [0.1, 0.15) is 47.3 Å². The number of likely N-dealkylation sites (N-methyl/N-ethyl adjacent to an activating group) is 6. The van der Waals surface area contributed by atoms with Crippen LogP contribution in [0.25, 0.3) is 0 Å². The van der Waals surface area contributed by atoms with Gasteiger partial charge in [-0.1, -0.05) is 166 Å². The van der Waals surface area contributed by atoms with Crippen LogP contribution in [0.15, 0.2) is 0 Å². The predicted molar refractivity (Wildman–Crippen MR) is 368 cm³/mol. The maximum absolute atomic E-state index is 12.5. The lowest BCUT2D eigenvalue weighted by atomic mass is 9.86. The normalized spacial score (nSPS) is 13.4. The molecule has 0 saturated heterocycles. The molecule has 0 heterocycles. The zero-order chi connectivity index (χ0) is 73.4. The van der Waals surface area contributed by atoms with Crippen LogP contribution in [0.5, 0.6) is 0 Å². The van der Waals surface area contributed by atoms with Crippen molar-refractivity contribution in [3.63, 3.8) is 0 Å². The summed E-state index contributed by atoms with van der Waals surface area (Å²) in [5.74, 6) is -2.16. The fourth-order valence-corrected chi connectivity index (χ4v) is 7.43. The van der Waals surface area contributed by atoms with Gasteiger partial charge in [0.15, 0.2) is 0 Å². The van der Waals surface area contributed by atoms with Gasteiger partial charge in [-0.25, -0.2) is 0 Å². The van der Waals surface area contributed by atoms with E-state index >= 15 is 0 Å². The van der Waals surface area contributed by atoms with Crippen LogP contribution in [0.2, 0.25) is 0 Å². The summed E-state index contributed by atoms with van der Waals surface area (Å²) in [7, 11) is 10.4. The van der Waals surface area contributed by atoms with Gasteiger partial charge in [0, 0.05) is 137 Å². The Kier molecular flexibility index (Phi) is 42.2. The smallest absolute Gasteiger partial charge is 0.243 e. The van der Waals surface area contributed by atoms with E-state index in [1.54, 1.807) is 105 Å². The van der Waals surface area contributed by atoms with Gasteiger partial charge >= 0.3 is 0 Å². The van der Waals surface area contributed by atoms with Crippen molar-refractivity contribution in [2.75, 3.05) is 94.6 Å². The average Bonchev–Trinajstić information content (AvgIpc) is 0.867. The van der Waals surface area contributed by atoms with E-state index in [9.17, 15) is 57.5 Å². The monoisotopic (exact) mass is 1310 g/mol. The number of amides is 8. The van der Waals surface area contributed by atoms with Gasteiger partial charge in [-0.15, -0.1) is 0 Å². The van der Waals surface area contributed by atoms with Crippen molar-refractivity contribution in [3.05, 3.63) is 0 Å².